The highest BCUT2D eigenvalue weighted by atomic mass is 32.2. The Kier molecular flexibility index (Phi) is 4.59. The Balaban J connectivity index is 3.28. The minimum atomic E-state index is -3.40. The van der Waals surface area contributed by atoms with Crippen LogP contribution in [0.2, 0.25) is 0 Å². The first kappa shape index (κ1) is 14.8. The van der Waals surface area contributed by atoms with Gasteiger partial charge in [0.05, 0.1) is 18.6 Å². The predicted octanol–water partition coefficient (Wildman–Crippen LogP) is 1.04. The molecule has 0 aliphatic heterocycles. The highest BCUT2D eigenvalue weighted by molar-refractivity contribution is 7.92. The monoisotopic (exact) mass is 272 g/mol. The van der Waals surface area contributed by atoms with E-state index in [1.165, 1.54) is 18.5 Å². The second kappa shape index (κ2) is 5.58. The van der Waals surface area contributed by atoms with Crippen LogP contribution < -0.4 is 14.8 Å². The van der Waals surface area contributed by atoms with E-state index < -0.39 is 10.0 Å². The Morgan fingerprint density at radius 2 is 1.83 bits per heavy atom. The summed E-state index contributed by atoms with van der Waals surface area (Å²) in [5.41, 5.74) is 7.92. The summed E-state index contributed by atoms with van der Waals surface area (Å²) in [5.74, 6) is 0.459. The first-order valence-electron chi connectivity index (χ1n) is 5.65. The van der Waals surface area contributed by atoms with Crippen LogP contribution in [-0.4, -0.2) is 34.9 Å². The van der Waals surface area contributed by atoms with Gasteiger partial charge in [-0.25, -0.2) is 8.42 Å². The van der Waals surface area contributed by atoms with Crippen molar-refractivity contribution in [1.82, 2.24) is 0 Å². The van der Waals surface area contributed by atoms with Crippen LogP contribution >= 0.6 is 0 Å². The van der Waals surface area contributed by atoms with Gasteiger partial charge in [-0.15, -0.1) is 0 Å². The van der Waals surface area contributed by atoms with Gasteiger partial charge in [-0.3, -0.25) is 4.31 Å². The number of sulfonamides is 1. The molecule has 2 N–H and O–H groups in total. The lowest BCUT2D eigenvalue weighted by Gasteiger charge is -2.22. The zero-order valence-electron chi connectivity index (χ0n) is 11.2. The molecule has 0 aliphatic rings. The van der Waals surface area contributed by atoms with E-state index in [0.717, 1.165) is 11.1 Å². The molecule has 0 heterocycles. The molecule has 102 valence electrons. The Hall–Kier alpha value is -1.27. The maximum absolute atomic E-state index is 12.0. The Morgan fingerprint density at radius 3 is 2.33 bits per heavy atom. The van der Waals surface area contributed by atoms with Crippen LogP contribution in [0, 0.1) is 13.8 Å². The van der Waals surface area contributed by atoms with E-state index >= 15 is 0 Å². The van der Waals surface area contributed by atoms with E-state index in [9.17, 15) is 8.42 Å². The number of methoxy groups -OCH3 is 1. The molecule has 0 unspecified atom stereocenters. The summed E-state index contributed by atoms with van der Waals surface area (Å²) in [5, 5.41) is 0. The maximum atomic E-state index is 12.0. The van der Waals surface area contributed by atoms with Crippen molar-refractivity contribution < 1.29 is 13.2 Å². The standard InChI is InChI=1S/C12H20N2O3S/c1-9-7-11(12(17-4)8-10(9)2)14(3)18(15,16)6-5-13/h7-8H,5-6,13H2,1-4H3. The summed E-state index contributed by atoms with van der Waals surface area (Å²) in [4.78, 5) is 0. The molecule has 18 heavy (non-hydrogen) atoms. The van der Waals surface area contributed by atoms with Crippen LogP contribution in [0.15, 0.2) is 12.1 Å². The van der Waals surface area contributed by atoms with Crippen molar-refractivity contribution >= 4 is 15.7 Å². The number of hydrogen-bond acceptors (Lipinski definition) is 4. The van der Waals surface area contributed by atoms with Gasteiger partial charge < -0.3 is 10.5 Å². The first-order valence-corrected chi connectivity index (χ1v) is 7.26. The number of nitrogens with zero attached hydrogens (tertiary/aromatic N) is 1. The molecule has 0 aliphatic carbocycles. The van der Waals surface area contributed by atoms with Crippen LogP contribution in [0.4, 0.5) is 5.69 Å². The second-order valence-electron chi connectivity index (χ2n) is 4.18. The molecule has 0 saturated carbocycles. The fourth-order valence-electron chi connectivity index (χ4n) is 1.62. The predicted molar refractivity (Wildman–Crippen MR) is 73.7 cm³/mol. The molecule has 1 aromatic rings. The number of aryl methyl sites for hydroxylation is 2. The van der Waals surface area contributed by atoms with Crippen molar-refractivity contribution in [2.24, 2.45) is 5.73 Å². The average Bonchev–Trinajstić information content (AvgIpc) is 2.31. The molecule has 0 fully saturated rings. The molecule has 1 rings (SSSR count). The molecular formula is C12H20N2O3S. The Labute approximate surface area is 109 Å². The van der Waals surface area contributed by atoms with Crippen LogP contribution in [-0.2, 0) is 10.0 Å². The number of hydrogen-bond donors (Lipinski definition) is 1. The Morgan fingerprint density at radius 1 is 1.28 bits per heavy atom. The summed E-state index contributed by atoms with van der Waals surface area (Å²) in [6.07, 6.45) is 0. The van der Waals surface area contributed by atoms with Gasteiger partial charge in [-0.2, -0.15) is 0 Å². The third kappa shape index (κ3) is 2.94. The molecule has 0 atom stereocenters. The van der Waals surface area contributed by atoms with Crippen molar-refractivity contribution in [3.05, 3.63) is 23.3 Å². The molecule has 1 aromatic carbocycles. The number of rotatable bonds is 5. The summed E-state index contributed by atoms with van der Waals surface area (Å²) in [7, 11) is -0.361. The topological polar surface area (TPSA) is 72.6 Å². The molecule has 0 saturated heterocycles. The quantitative estimate of drug-likeness (QED) is 0.869. The van der Waals surface area contributed by atoms with Crippen molar-refractivity contribution in [3.63, 3.8) is 0 Å². The van der Waals surface area contributed by atoms with E-state index in [0.29, 0.717) is 11.4 Å². The third-order valence-corrected chi connectivity index (χ3v) is 4.71. The largest absolute Gasteiger partial charge is 0.495 e. The number of ether oxygens (including phenoxy) is 1. The highest BCUT2D eigenvalue weighted by Crippen LogP contribution is 2.32. The SMILES string of the molecule is COc1cc(C)c(C)cc1N(C)S(=O)(=O)CCN. The van der Waals surface area contributed by atoms with Gasteiger partial charge in [0.2, 0.25) is 10.0 Å². The number of benzene rings is 1. The molecule has 5 nitrogen and oxygen atoms in total. The van der Waals surface area contributed by atoms with Crippen LogP contribution in [0.25, 0.3) is 0 Å². The lowest BCUT2D eigenvalue weighted by Crippen LogP contribution is -2.32. The van der Waals surface area contributed by atoms with Crippen LogP contribution in [0.1, 0.15) is 11.1 Å². The average molecular weight is 272 g/mol. The highest BCUT2D eigenvalue weighted by Gasteiger charge is 2.21. The van der Waals surface area contributed by atoms with Crippen molar-refractivity contribution in [2.75, 3.05) is 30.8 Å². The minimum absolute atomic E-state index is 0.0838. The lowest BCUT2D eigenvalue weighted by molar-refractivity contribution is 0.415. The normalized spacial score (nSPS) is 11.4. The van der Waals surface area contributed by atoms with Gasteiger partial charge in [-0.05, 0) is 37.1 Å². The van der Waals surface area contributed by atoms with Crippen LogP contribution in [0.5, 0.6) is 5.75 Å². The van der Waals surface area contributed by atoms with Crippen molar-refractivity contribution in [1.29, 1.82) is 0 Å². The van der Waals surface area contributed by atoms with Crippen molar-refractivity contribution in [2.45, 2.75) is 13.8 Å². The molecule has 0 amide bonds. The van der Waals surface area contributed by atoms with Crippen molar-refractivity contribution in [3.8, 4) is 5.75 Å². The Bertz CT molecular complexity index is 526. The van der Waals surface area contributed by atoms with Gasteiger partial charge in [0.1, 0.15) is 5.75 Å². The molecule has 0 spiro atoms. The lowest BCUT2D eigenvalue weighted by atomic mass is 10.1. The van der Waals surface area contributed by atoms with Gasteiger partial charge >= 0.3 is 0 Å². The number of anilines is 1. The zero-order valence-corrected chi connectivity index (χ0v) is 12.0. The first-order chi connectivity index (χ1) is 8.33. The van der Waals surface area contributed by atoms with E-state index in [2.05, 4.69) is 0 Å². The molecular weight excluding hydrogens is 252 g/mol. The maximum Gasteiger partial charge on any atom is 0.236 e. The van der Waals surface area contributed by atoms with E-state index in [4.69, 9.17) is 10.5 Å². The molecule has 0 radical (unpaired) electrons. The third-order valence-electron chi connectivity index (χ3n) is 2.93. The molecule has 0 aromatic heterocycles. The smallest absolute Gasteiger partial charge is 0.236 e. The fraction of sp³-hybridized carbons (Fsp3) is 0.500. The van der Waals surface area contributed by atoms with Crippen LogP contribution in [0.3, 0.4) is 0 Å². The summed E-state index contributed by atoms with van der Waals surface area (Å²) >= 11 is 0. The molecule has 6 heteroatoms. The second-order valence-corrected chi connectivity index (χ2v) is 6.30. The van der Waals surface area contributed by atoms with E-state index in [1.807, 2.05) is 26.0 Å². The number of nitrogens with two attached hydrogens (primary N) is 1. The summed E-state index contributed by atoms with van der Waals surface area (Å²) < 4.78 is 30.4. The van der Waals surface area contributed by atoms with Gasteiger partial charge in [0, 0.05) is 13.6 Å². The van der Waals surface area contributed by atoms with E-state index in [1.54, 1.807) is 0 Å². The fourth-order valence-corrected chi connectivity index (χ4v) is 2.63. The zero-order chi connectivity index (χ0) is 13.9. The van der Waals surface area contributed by atoms with Gasteiger partial charge in [0.15, 0.2) is 0 Å². The summed E-state index contributed by atoms with van der Waals surface area (Å²) in [6.45, 7) is 3.98. The van der Waals surface area contributed by atoms with Gasteiger partial charge in [-0.1, -0.05) is 0 Å². The summed E-state index contributed by atoms with van der Waals surface area (Å²) in [6, 6.07) is 3.64. The molecule has 0 bridgehead atoms. The minimum Gasteiger partial charge on any atom is -0.495 e. The van der Waals surface area contributed by atoms with Gasteiger partial charge in [0.25, 0.3) is 0 Å². The van der Waals surface area contributed by atoms with E-state index in [-0.39, 0.29) is 12.3 Å².